The number of rotatable bonds is 3. The highest BCUT2D eigenvalue weighted by Gasteiger charge is 2.17. The number of pyridine rings is 1. The van der Waals surface area contributed by atoms with Crippen molar-refractivity contribution < 1.29 is 0 Å². The number of halogens is 2. The second kappa shape index (κ2) is 6.12. The summed E-state index contributed by atoms with van der Waals surface area (Å²) in [6, 6.07) is 17.4. The van der Waals surface area contributed by atoms with Gasteiger partial charge in [-0.25, -0.2) is 10.4 Å². The minimum absolute atomic E-state index is 0.207. The molecule has 0 aliphatic carbocycles. The molecule has 21 heavy (non-hydrogen) atoms. The maximum absolute atomic E-state index is 5.94. The Balaban J connectivity index is 2.12. The van der Waals surface area contributed by atoms with E-state index in [2.05, 4.69) is 27.4 Å². The first-order chi connectivity index (χ1) is 10.2. The van der Waals surface area contributed by atoms with Crippen molar-refractivity contribution in [2.75, 3.05) is 0 Å². The molecule has 1 unspecified atom stereocenters. The molecule has 3 aromatic rings. The Bertz CT molecular complexity index is 774. The van der Waals surface area contributed by atoms with Crippen LogP contribution in [0.3, 0.4) is 0 Å². The Morgan fingerprint density at radius 2 is 1.81 bits per heavy atom. The highest BCUT2D eigenvalue weighted by molar-refractivity contribution is 9.10. The summed E-state index contributed by atoms with van der Waals surface area (Å²) in [7, 11) is 0. The Hall–Kier alpha value is -1.46. The third-order valence-corrected chi connectivity index (χ3v) is 4.24. The molecule has 0 bridgehead atoms. The molecule has 0 aliphatic rings. The van der Waals surface area contributed by atoms with Crippen molar-refractivity contribution in [1.29, 1.82) is 0 Å². The molecule has 0 saturated carbocycles. The molecule has 1 atom stereocenters. The van der Waals surface area contributed by atoms with E-state index in [0.717, 1.165) is 26.6 Å². The van der Waals surface area contributed by atoms with E-state index in [9.17, 15) is 0 Å². The quantitative estimate of drug-likeness (QED) is 0.542. The number of nitrogens with two attached hydrogens (primary N) is 1. The fraction of sp³-hybridized carbons (Fsp3) is 0.0625. The number of benzene rings is 2. The average Bonchev–Trinajstić information content (AvgIpc) is 2.50. The number of aromatic nitrogens is 1. The van der Waals surface area contributed by atoms with Crippen LogP contribution in [0.25, 0.3) is 10.9 Å². The van der Waals surface area contributed by atoms with E-state index in [4.69, 9.17) is 22.4 Å². The molecule has 3 rings (SSSR count). The molecule has 2 aromatic carbocycles. The molecule has 1 aromatic heterocycles. The third kappa shape index (κ3) is 2.94. The van der Waals surface area contributed by atoms with E-state index in [-0.39, 0.29) is 6.04 Å². The average molecular weight is 363 g/mol. The highest BCUT2D eigenvalue weighted by atomic mass is 79.9. The molecule has 106 valence electrons. The molecule has 3 N–H and O–H groups in total. The maximum Gasteiger partial charge on any atom is 0.0893 e. The predicted octanol–water partition coefficient (Wildman–Crippen LogP) is 4.20. The van der Waals surface area contributed by atoms with Crippen LogP contribution in [-0.4, -0.2) is 4.98 Å². The largest absolute Gasteiger partial charge is 0.271 e. The molecule has 1 heterocycles. The van der Waals surface area contributed by atoms with Gasteiger partial charge in [0, 0.05) is 14.9 Å². The lowest BCUT2D eigenvalue weighted by molar-refractivity contribution is 0.620. The van der Waals surface area contributed by atoms with Crippen molar-refractivity contribution in [3.8, 4) is 0 Å². The molecule has 0 saturated heterocycles. The summed E-state index contributed by atoms with van der Waals surface area (Å²) in [5, 5.41) is 1.78. The van der Waals surface area contributed by atoms with Gasteiger partial charge in [-0.3, -0.25) is 5.84 Å². The molecular formula is C16H13BrClN3. The zero-order valence-corrected chi connectivity index (χ0v) is 13.4. The van der Waals surface area contributed by atoms with Crippen LogP contribution in [0.15, 0.2) is 59.1 Å². The van der Waals surface area contributed by atoms with Crippen LogP contribution in [0, 0.1) is 0 Å². The molecule has 0 aliphatic heterocycles. The Morgan fingerprint density at radius 3 is 2.52 bits per heavy atom. The number of hydrogen-bond acceptors (Lipinski definition) is 3. The van der Waals surface area contributed by atoms with Gasteiger partial charge in [0.25, 0.3) is 0 Å². The molecule has 3 nitrogen and oxygen atoms in total. The number of hydrazine groups is 1. The second-order valence-electron chi connectivity index (χ2n) is 4.70. The fourth-order valence-electron chi connectivity index (χ4n) is 2.30. The van der Waals surface area contributed by atoms with Gasteiger partial charge in [-0.2, -0.15) is 0 Å². The minimum Gasteiger partial charge on any atom is -0.271 e. The van der Waals surface area contributed by atoms with E-state index in [1.807, 2.05) is 48.5 Å². The van der Waals surface area contributed by atoms with E-state index in [0.29, 0.717) is 5.02 Å². The summed E-state index contributed by atoms with van der Waals surface area (Å²) in [6.45, 7) is 0. The van der Waals surface area contributed by atoms with Crippen molar-refractivity contribution in [2.45, 2.75) is 6.04 Å². The summed E-state index contributed by atoms with van der Waals surface area (Å²) in [5.74, 6) is 5.74. The van der Waals surface area contributed by atoms with E-state index in [1.54, 1.807) is 0 Å². The molecular weight excluding hydrogens is 350 g/mol. The van der Waals surface area contributed by atoms with Crippen LogP contribution in [0.5, 0.6) is 0 Å². The number of para-hydroxylation sites is 1. The van der Waals surface area contributed by atoms with Crippen molar-refractivity contribution in [2.24, 2.45) is 5.84 Å². The first kappa shape index (κ1) is 14.5. The number of nitrogens with zero attached hydrogens (tertiary/aromatic N) is 1. The number of hydrogen-bond donors (Lipinski definition) is 2. The molecule has 0 fully saturated rings. The van der Waals surface area contributed by atoms with Crippen LogP contribution >= 0.6 is 27.5 Å². The van der Waals surface area contributed by atoms with Gasteiger partial charge in [0.05, 0.1) is 17.3 Å². The lowest BCUT2D eigenvalue weighted by atomic mass is 10.0. The first-order valence-electron chi connectivity index (χ1n) is 6.46. The molecule has 0 amide bonds. The van der Waals surface area contributed by atoms with Gasteiger partial charge in [-0.15, -0.1) is 0 Å². The number of fused-ring (bicyclic) bond motifs is 1. The van der Waals surface area contributed by atoms with Gasteiger partial charge >= 0.3 is 0 Å². The zero-order chi connectivity index (χ0) is 14.8. The Kier molecular flexibility index (Phi) is 4.22. The topological polar surface area (TPSA) is 50.9 Å². The minimum atomic E-state index is -0.207. The zero-order valence-electron chi connectivity index (χ0n) is 11.1. The summed E-state index contributed by atoms with van der Waals surface area (Å²) in [4.78, 5) is 4.72. The first-order valence-corrected chi connectivity index (χ1v) is 7.63. The van der Waals surface area contributed by atoms with Crippen molar-refractivity contribution >= 4 is 38.4 Å². The fourth-order valence-corrected chi connectivity index (χ4v) is 2.99. The van der Waals surface area contributed by atoms with Crippen LogP contribution in [0.2, 0.25) is 5.02 Å². The van der Waals surface area contributed by atoms with Gasteiger partial charge in [0.15, 0.2) is 0 Å². The van der Waals surface area contributed by atoms with Crippen LogP contribution in [-0.2, 0) is 0 Å². The van der Waals surface area contributed by atoms with Gasteiger partial charge in [-0.1, -0.05) is 41.9 Å². The van der Waals surface area contributed by atoms with Crippen LogP contribution in [0.4, 0.5) is 0 Å². The van der Waals surface area contributed by atoms with Gasteiger partial charge in [0.1, 0.15) is 0 Å². The van der Waals surface area contributed by atoms with Crippen LogP contribution in [0.1, 0.15) is 17.3 Å². The lowest BCUT2D eigenvalue weighted by Gasteiger charge is -2.18. The monoisotopic (exact) mass is 361 g/mol. The summed E-state index contributed by atoms with van der Waals surface area (Å²) in [5.41, 5.74) is 5.61. The van der Waals surface area contributed by atoms with Gasteiger partial charge in [0.2, 0.25) is 0 Å². The second-order valence-corrected chi connectivity index (χ2v) is 5.99. The number of nitrogens with one attached hydrogen (secondary N) is 1. The van der Waals surface area contributed by atoms with Gasteiger partial charge < -0.3 is 0 Å². The smallest absolute Gasteiger partial charge is 0.0893 e. The van der Waals surface area contributed by atoms with Crippen molar-refractivity contribution in [3.63, 3.8) is 0 Å². The SMILES string of the molecule is NNC(c1ccc(Cl)cc1)c1nc2ccccc2cc1Br. The summed E-state index contributed by atoms with van der Waals surface area (Å²) < 4.78 is 0.916. The maximum atomic E-state index is 5.94. The van der Waals surface area contributed by atoms with E-state index >= 15 is 0 Å². The standard InChI is InChI=1S/C16H13BrClN3/c17-13-9-11-3-1-2-4-14(11)20-16(13)15(21-19)10-5-7-12(18)8-6-10/h1-9,15,21H,19H2. The molecule has 0 radical (unpaired) electrons. The highest BCUT2D eigenvalue weighted by Crippen LogP contribution is 2.30. The molecule has 5 heteroatoms. The normalized spacial score (nSPS) is 12.5. The Labute approximate surface area is 136 Å². The molecule has 0 spiro atoms. The van der Waals surface area contributed by atoms with Gasteiger partial charge in [-0.05, 0) is 45.8 Å². The van der Waals surface area contributed by atoms with E-state index < -0.39 is 0 Å². The summed E-state index contributed by atoms with van der Waals surface area (Å²) >= 11 is 9.52. The van der Waals surface area contributed by atoms with Crippen LogP contribution < -0.4 is 11.3 Å². The predicted molar refractivity (Wildman–Crippen MR) is 90.1 cm³/mol. The Morgan fingerprint density at radius 1 is 1.10 bits per heavy atom. The lowest BCUT2D eigenvalue weighted by Crippen LogP contribution is -2.29. The summed E-state index contributed by atoms with van der Waals surface area (Å²) in [6.07, 6.45) is 0. The third-order valence-electron chi connectivity index (χ3n) is 3.35. The van der Waals surface area contributed by atoms with E-state index in [1.165, 1.54) is 0 Å². The van der Waals surface area contributed by atoms with Crippen molar-refractivity contribution in [3.05, 3.63) is 75.4 Å². The van der Waals surface area contributed by atoms with Crippen molar-refractivity contribution in [1.82, 2.24) is 10.4 Å².